The molecule has 8 nitrogen and oxygen atoms in total. The molecule has 0 aliphatic carbocycles. The van der Waals surface area contributed by atoms with E-state index in [0.717, 1.165) is 46.5 Å². The Bertz CT molecular complexity index is 1560. The predicted octanol–water partition coefficient (Wildman–Crippen LogP) is 3.26. The lowest BCUT2D eigenvalue weighted by Gasteiger charge is -2.10. The molecule has 1 N–H and O–H groups in total. The minimum atomic E-state index is -0.383. The van der Waals surface area contributed by atoms with E-state index < -0.39 is 0 Å². The number of carbonyl (C=O) groups excluding carboxylic acids is 1. The van der Waals surface area contributed by atoms with Crippen LogP contribution >= 0.6 is 0 Å². The van der Waals surface area contributed by atoms with Crippen LogP contribution in [-0.2, 0) is 24.4 Å². The van der Waals surface area contributed by atoms with Crippen LogP contribution in [0.15, 0.2) is 77.6 Å². The lowest BCUT2D eigenvalue weighted by atomic mass is 10.1. The molecule has 0 aliphatic heterocycles. The summed E-state index contributed by atoms with van der Waals surface area (Å²) in [6.07, 6.45) is 0. The number of nitrogens with zero attached hydrogens (tertiary/aromatic N) is 4. The van der Waals surface area contributed by atoms with E-state index in [1.807, 2.05) is 61.6 Å². The minimum absolute atomic E-state index is 0.101. The van der Waals surface area contributed by atoms with Crippen molar-refractivity contribution in [3.8, 4) is 0 Å². The van der Waals surface area contributed by atoms with Gasteiger partial charge in [-0.25, -0.2) is 14.6 Å². The summed E-state index contributed by atoms with van der Waals surface area (Å²) in [5, 5.41) is 3.20. The summed E-state index contributed by atoms with van der Waals surface area (Å²) >= 11 is 0. The van der Waals surface area contributed by atoms with Crippen LogP contribution in [0.1, 0.15) is 21.7 Å². The number of carbonyl (C=O) groups is 1. The van der Waals surface area contributed by atoms with Gasteiger partial charge in [-0.15, -0.1) is 0 Å². The summed E-state index contributed by atoms with van der Waals surface area (Å²) in [5.41, 5.74) is 4.98. The van der Waals surface area contributed by atoms with E-state index in [1.54, 1.807) is 21.3 Å². The van der Waals surface area contributed by atoms with Gasteiger partial charge in [0.05, 0.1) is 47.8 Å². The fourth-order valence-corrected chi connectivity index (χ4v) is 4.49. The van der Waals surface area contributed by atoms with Crippen molar-refractivity contribution >= 4 is 28.0 Å². The third-order valence-corrected chi connectivity index (χ3v) is 6.26. The first-order valence-electron chi connectivity index (χ1n) is 11.5. The maximum absolute atomic E-state index is 13.7. The summed E-state index contributed by atoms with van der Waals surface area (Å²) in [6, 6.07) is 23.0. The zero-order chi connectivity index (χ0) is 24.4. The zero-order valence-corrected chi connectivity index (χ0v) is 19.8. The first-order chi connectivity index (χ1) is 17.1. The average molecular weight is 470 g/mol. The van der Waals surface area contributed by atoms with Crippen molar-refractivity contribution in [3.05, 3.63) is 100 Å². The lowest BCUT2D eigenvalue weighted by Crippen LogP contribution is -2.26. The maximum Gasteiger partial charge on any atom is 0.337 e. The molecule has 0 spiro atoms. The number of hydrogen-bond acceptors (Lipinski definition) is 5. The van der Waals surface area contributed by atoms with Gasteiger partial charge in [0.25, 0.3) is 0 Å². The number of ether oxygens (including phenoxy) is 1. The van der Waals surface area contributed by atoms with Gasteiger partial charge in [0, 0.05) is 13.1 Å². The van der Waals surface area contributed by atoms with Gasteiger partial charge in [-0.3, -0.25) is 9.13 Å². The third-order valence-electron chi connectivity index (χ3n) is 6.26. The number of rotatable bonds is 8. The number of esters is 1. The van der Waals surface area contributed by atoms with Gasteiger partial charge < -0.3 is 14.6 Å². The van der Waals surface area contributed by atoms with E-state index in [4.69, 9.17) is 9.72 Å². The molecule has 35 heavy (non-hydrogen) atoms. The van der Waals surface area contributed by atoms with Gasteiger partial charge in [-0.1, -0.05) is 36.4 Å². The van der Waals surface area contributed by atoms with Crippen molar-refractivity contribution in [3.63, 3.8) is 0 Å². The molecule has 2 heterocycles. The Morgan fingerprint density at radius 3 is 2.14 bits per heavy atom. The van der Waals surface area contributed by atoms with E-state index >= 15 is 0 Å². The van der Waals surface area contributed by atoms with E-state index in [-0.39, 0.29) is 11.7 Å². The molecule has 8 heteroatoms. The highest BCUT2D eigenvalue weighted by Gasteiger charge is 2.17. The van der Waals surface area contributed by atoms with Gasteiger partial charge >= 0.3 is 11.7 Å². The summed E-state index contributed by atoms with van der Waals surface area (Å²) in [6.45, 7) is 2.31. The Labute approximate surface area is 202 Å². The van der Waals surface area contributed by atoms with Crippen molar-refractivity contribution in [1.82, 2.24) is 24.0 Å². The van der Waals surface area contributed by atoms with Crippen LogP contribution in [0.5, 0.6) is 0 Å². The molecule has 0 saturated heterocycles. The van der Waals surface area contributed by atoms with E-state index in [2.05, 4.69) is 16.0 Å². The SMILES string of the molecule is CNCCn1c(Cn2c(=O)n(Cc3ccc(C(=O)OC)cc3)c3ccccc32)nc2ccccc21. The number of likely N-dealkylation sites (N-methyl/N-ethyl adjacent to an activating group) is 1. The smallest absolute Gasteiger partial charge is 0.337 e. The number of methoxy groups -OCH3 is 1. The molecule has 2 aromatic heterocycles. The number of para-hydroxylation sites is 4. The van der Waals surface area contributed by atoms with Crippen molar-refractivity contribution in [2.24, 2.45) is 0 Å². The second-order valence-electron chi connectivity index (χ2n) is 8.40. The van der Waals surface area contributed by atoms with E-state index in [9.17, 15) is 9.59 Å². The van der Waals surface area contributed by atoms with Crippen LogP contribution in [0.4, 0.5) is 0 Å². The summed E-state index contributed by atoms with van der Waals surface area (Å²) in [7, 11) is 3.28. The molecule has 0 fully saturated rings. The Balaban J connectivity index is 1.55. The second-order valence-corrected chi connectivity index (χ2v) is 8.40. The molecule has 0 amide bonds. The van der Waals surface area contributed by atoms with Crippen molar-refractivity contribution in [1.29, 1.82) is 0 Å². The molecule has 3 aromatic carbocycles. The Morgan fingerprint density at radius 1 is 0.857 bits per heavy atom. The molecule has 0 aliphatic rings. The number of fused-ring (bicyclic) bond motifs is 2. The highest BCUT2D eigenvalue weighted by atomic mass is 16.5. The normalized spacial score (nSPS) is 11.4. The van der Waals surface area contributed by atoms with Crippen LogP contribution in [0, 0.1) is 0 Å². The van der Waals surface area contributed by atoms with Crippen molar-refractivity contribution in [2.75, 3.05) is 20.7 Å². The number of benzene rings is 3. The number of aromatic nitrogens is 4. The zero-order valence-electron chi connectivity index (χ0n) is 19.8. The Morgan fingerprint density at radius 2 is 1.49 bits per heavy atom. The van der Waals surface area contributed by atoms with Crippen molar-refractivity contribution in [2.45, 2.75) is 19.6 Å². The molecule has 0 radical (unpaired) electrons. The van der Waals surface area contributed by atoms with Gasteiger partial charge in [-0.2, -0.15) is 0 Å². The van der Waals surface area contributed by atoms with Gasteiger partial charge in [0.15, 0.2) is 0 Å². The third kappa shape index (κ3) is 4.24. The van der Waals surface area contributed by atoms with E-state index in [0.29, 0.717) is 18.7 Å². The first-order valence-corrected chi connectivity index (χ1v) is 11.5. The van der Waals surface area contributed by atoms with E-state index in [1.165, 1.54) is 7.11 Å². The average Bonchev–Trinajstić information content (AvgIpc) is 3.37. The minimum Gasteiger partial charge on any atom is -0.465 e. The van der Waals surface area contributed by atoms with Gasteiger partial charge in [0.2, 0.25) is 0 Å². The molecular weight excluding hydrogens is 442 g/mol. The van der Waals surface area contributed by atoms with Gasteiger partial charge in [-0.05, 0) is 49.0 Å². The Kier molecular flexibility index (Phi) is 6.20. The van der Waals surface area contributed by atoms with Crippen LogP contribution in [0.2, 0.25) is 0 Å². The highest BCUT2D eigenvalue weighted by Crippen LogP contribution is 2.20. The summed E-state index contributed by atoms with van der Waals surface area (Å²) < 4.78 is 10.5. The fourth-order valence-electron chi connectivity index (χ4n) is 4.49. The van der Waals surface area contributed by atoms with Crippen molar-refractivity contribution < 1.29 is 9.53 Å². The fraction of sp³-hybridized carbons (Fsp3) is 0.222. The number of nitrogens with one attached hydrogen (secondary N) is 1. The molecule has 178 valence electrons. The summed E-state index contributed by atoms with van der Waals surface area (Å²) in [4.78, 5) is 30.3. The topological polar surface area (TPSA) is 83.1 Å². The first kappa shape index (κ1) is 22.6. The molecule has 0 saturated carbocycles. The molecule has 0 unspecified atom stereocenters. The lowest BCUT2D eigenvalue weighted by molar-refractivity contribution is 0.0600. The van der Waals surface area contributed by atoms with Crippen LogP contribution < -0.4 is 11.0 Å². The quantitative estimate of drug-likeness (QED) is 0.353. The maximum atomic E-state index is 13.7. The number of hydrogen-bond donors (Lipinski definition) is 1. The largest absolute Gasteiger partial charge is 0.465 e. The monoisotopic (exact) mass is 469 g/mol. The Hall–Kier alpha value is -4.17. The second kappa shape index (κ2) is 9.60. The molecule has 5 aromatic rings. The molecule has 0 atom stereocenters. The molecular formula is C27H27N5O3. The van der Waals surface area contributed by atoms with Crippen LogP contribution in [0.3, 0.4) is 0 Å². The van der Waals surface area contributed by atoms with Gasteiger partial charge in [0.1, 0.15) is 5.82 Å². The highest BCUT2D eigenvalue weighted by molar-refractivity contribution is 5.89. The van der Waals surface area contributed by atoms with Crippen LogP contribution in [-0.4, -0.2) is 45.4 Å². The molecule has 5 rings (SSSR count). The number of imidazole rings is 2. The summed E-state index contributed by atoms with van der Waals surface area (Å²) in [5.74, 6) is 0.459. The van der Waals surface area contributed by atoms with Crippen LogP contribution in [0.25, 0.3) is 22.1 Å². The predicted molar refractivity (Wildman–Crippen MR) is 136 cm³/mol. The standard InChI is InChI=1S/C27H27N5O3/c1-28-15-16-30-22-8-4-3-7-21(22)29-25(30)18-32-24-10-6-5-9-23(24)31(27(32)34)17-19-11-13-20(14-12-19)26(33)35-2/h3-14,28H,15-18H2,1-2H3. The molecule has 0 bridgehead atoms.